The molecule has 0 fully saturated rings. The minimum Gasteiger partial charge on any atom is -0.487 e. The predicted molar refractivity (Wildman–Crippen MR) is 81.8 cm³/mol. The Bertz CT molecular complexity index is 714. The van der Waals surface area contributed by atoms with E-state index >= 15 is 0 Å². The molecule has 3 rings (SSSR count). The van der Waals surface area contributed by atoms with Crippen LogP contribution in [0, 0.1) is 0 Å². The molecule has 0 saturated carbocycles. The molecule has 6 heteroatoms. The maximum absolute atomic E-state index is 5.76. The first-order valence-electron chi connectivity index (χ1n) is 6.46. The Hall–Kier alpha value is -2.21. The molecular weight excluding hydrogens is 332 g/mol. The summed E-state index contributed by atoms with van der Waals surface area (Å²) in [4.78, 5) is 8.27. The monoisotopic (exact) mass is 344 g/mol. The second kappa shape index (κ2) is 6.49. The van der Waals surface area contributed by atoms with Gasteiger partial charge < -0.3 is 4.74 Å². The Morgan fingerprint density at radius 3 is 2.81 bits per heavy atom. The van der Waals surface area contributed by atoms with Gasteiger partial charge in [0.2, 0.25) is 4.73 Å². The fraction of sp³-hybridized carbons (Fsp3) is 0.133. The van der Waals surface area contributed by atoms with E-state index in [1.807, 2.05) is 42.5 Å². The van der Waals surface area contributed by atoms with Crippen LogP contribution in [0.2, 0.25) is 0 Å². The van der Waals surface area contributed by atoms with Crippen molar-refractivity contribution in [3.05, 3.63) is 71.0 Å². The van der Waals surface area contributed by atoms with Crippen LogP contribution in [-0.2, 0) is 13.2 Å². The lowest BCUT2D eigenvalue weighted by atomic mass is 10.2. The van der Waals surface area contributed by atoms with Crippen LogP contribution in [-0.4, -0.2) is 19.7 Å². The molecule has 0 radical (unpaired) electrons. The molecule has 0 spiro atoms. The van der Waals surface area contributed by atoms with E-state index in [2.05, 4.69) is 31.0 Å². The molecule has 5 nitrogen and oxygen atoms in total. The van der Waals surface area contributed by atoms with Gasteiger partial charge in [-0.05, 0) is 45.8 Å². The van der Waals surface area contributed by atoms with Crippen LogP contribution < -0.4 is 4.74 Å². The lowest BCUT2D eigenvalue weighted by molar-refractivity contribution is 0.301. The third-order valence-corrected chi connectivity index (χ3v) is 3.23. The highest BCUT2D eigenvalue weighted by Gasteiger charge is 2.01. The molecule has 0 unspecified atom stereocenters. The number of pyridine rings is 1. The van der Waals surface area contributed by atoms with Gasteiger partial charge in [-0.3, -0.25) is 4.98 Å². The van der Waals surface area contributed by atoms with Crippen LogP contribution in [0.4, 0.5) is 0 Å². The van der Waals surface area contributed by atoms with Gasteiger partial charge in [0, 0.05) is 6.20 Å². The molecule has 2 heterocycles. The number of benzene rings is 1. The average molecular weight is 345 g/mol. The zero-order chi connectivity index (χ0) is 14.5. The Kier molecular flexibility index (Phi) is 4.25. The summed E-state index contributed by atoms with van der Waals surface area (Å²) in [6.07, 6.45) is 3.45. The quantitative estimate of drug-likeness (QED) is 0.713. The summed E-state index contributed by atoms with van der Waals surface area (Å²) in [5, 5.41) is 4.20. The van der Waals surface area contributed by atoms with Gasteiger partial charge >= 0.3 is 0 Å². The van der Waals surface area contributed by atoms with Crippen LogP contribution in [0.1, 0.15) is 11.3 Å². The topological polar surface area (TPSA) is 52.8 Å². The van der Waals surface area contributed by atoms with E-state index in [0.717, 1.165) is 17.0 Å². The summed E-state index contributed by atoms with van der Waals surface area (Å²) in [7, 11) is 0. The first-order chi connectivity index (χ1) is 10.3. The highest BCUT2D eigenvalue weighted by molar-refractivity contribution is 9.10. The van der Waals surface area contributed by atoms with E-state index < -0.39 is 0 Å². The second-order valence-corrected chi connectivity index (χ2v) is 5.18. The predicted octanol–water partition coefficient (Wildman–Crippen LogP) is 3.06. The van der Waals surface area contributed by atoms with Gasteiger partial charge in [0.1, 0.15) is 18.7 Å². The van der Waals surface area contributed by atoms with Gasteiger partial charge in [-0.25, -0.2) is 9.67 Å². The molecular formula is C15H13BrN4O. The zero-order valence-corrected chi connectivity index (χ0v) is 12.8. The van der Waals surface area contributed by atoms with Crippen molar-refractivity contribution in [2.24, 2.45) is 0 Å². The van der Waals surface area contributed by atoms with Crippen molar-refractivity contribution in [1.82, 2.24) is 19.7 Å². The van der Waals surface area contributed by atoms with Crippen molar-refractivity contribution in [1.29, 1.82) is 0 Å². The number of halogens is 1. The number of ether oxygens (including phenoxy) is 1. The van der Waals surface area contributed by atoms with Crippen molar-refractivity contribution < 1.29 is 4.74 Å². The molecule has 2 aromatic heterocycles. The fourth-order valence-corrected chi connectivity index (χ4v) is 2.20. The van der Waals surface area contributed by atoms with Crippen LogP contribution in [0.3, 0.4) is 0 Å². The van der Waals surface area contributed by atoms with E-state index in [4.69, 9.17) is 4.74 Å². The first-order valence-corrected chi connectivity index (χ1v) is 7.25. The molecule has 0 bridgehead atoms. The van der Waals surface area contributed by atoms with E-state index in [9.17, 15) is 0 Å². The normalized spacial score (nSPS) is 10.5. The molecule has 106 valence electrons. The first kappa shape index (κ1) is 13.8. The highest BCUT2D eigenvalue weighted by atomic mass is 79.9. The largest absolute Gasteiger partial charge is 0.487 e. The van der Waals surface area contributed by atoms with Gasteiger partial charge in [0.25, 0.3) is 0 Å². The molecule has 0 N–H and O–H groups in total. The van der Waals surface area contributed by atoms with E-state index in [1.165, 1.54) is 0 Å². The summed E-state index contributed by atoms with van der Waals surface area (Å²) < 4.78 is 8.11. The number of aromatic nitrogens is 4. The number of nitrogens with zero attached hydrogens (tertiary/aromatic N) is 4. The molecule has 0 aliphatic heterocycles. The summed E-state index contributed by atoms with van der Waals surface area (Å²) in [6.45, 7) is 1.11. The minimum atomic E-state index is 0.458. The molecule has 0 aliphatic carbocycles. The van der Waals surface area contributed by atoms with Crippen LogP contribution in [0.15, 0.2) is 59.7 Å². The Labute approximate surface area is 130 Å². The van der Waals surface area contributed by atoms with Crippen LogP contribution in [0.25, 0.3) is 0 Å². The highest BCUT2D eigenvalue weighted by Crippen LogP contribution is 2.15. The minimum absolute atomic E-state index is 0.458. The summed E-state index contributed by atoms with van der Waals surface area (Å²) in [5.41, 5.74) is 2.01. The lowest BCUT2D eigenvalue weighted by Crippen LogP contribution is -2.01. The maximum atomic E-state index is 5.76. The molecule has 0 amide bonds. The Balaban J connectivity index is 1.65. The average Bonchev–Trinajstić information content (AvgIpc) is 2.92. The van der Waals surface area contributed by atoms with Gasteiger partial charge in [0.05, 0.1) is 12.2 Å². The third-order valence-electron chi connectivity index (χ3n) is 2.86. The van der Waals surface area contributed by atoms with Crippen molar-refractivity contribution in [2.45, 2.75) is 13.2 Å². The van der Waals surface area contributed by atoms with Crippen molar-refractivity contribution >= 4 is 15.9 Å². The fourth-order valence-electron chi connectivity index (χ4n) is 1.91. The molecule has 21 heavy (non-hydrogen) atoms. The molecule has 3 aromatic rings. The molecule has 0 saturated heterocycles. The Morgan fingerprint density at radius 2 is 2.05 bits per heavy atom. The molecule has 1 aromatic carbocycles. The molecule has 0 atom stereocenters. The van der Waals surface area contributed by atoms with Crippen molar-refractivity contribution in [3.8, 4) is 5.75 Å². The summed E-state index contributed by atoms with van der Waals surface area (Å²) >= 11 is 3.24. The summed E-state index contributed by atoms with van der Waals surface area (Å²) in [6, 6.07) is 13.7. The van der Waals surface area contributed by atoms with Gasteiger partial charge in [-0.15, -0.1) is 5.10 Å². The SMILES string of the molecule is Brc1ncn(Cc2cccc(OCc3ccccn3)c2)n1. The summed E-state index contributed by atoms with van der Waals surface area (Å²) in [5.74, 6) is 0.817. The van der Waals surface area contributed by atoms with Crippen LogP contribution >= 0.6 is 15.9 Å². The number of hydrogen-bond donors (Lipinski definition) is 0. The van der Waals surface area contributed by atoms with E-state index in [-0.39, 0.29) is 0 Å². The van der Waals surface area contributed by atoms with Gasteiger partial charge in [-0.1, -0.05) is 18.2 Å². The number of rotatable bonds is 5. The van der Waals surface area contributed by atoms with E-state index in [0.29, 0.717) is 17.9 Å². The molecule has 0 aliphatic rings. The van der Waals surface area contributed by atoms with Crippen molar-refractivity contribution in [3.63, 3.8) is 0 Å². The number of hydrogen-bond acceptors (Lipinski definition) is 4. The standard InChI is InChI=1S/C15H13BrN4O/c16-15-18-11-20(19-15)9-12-4-3-6-14(8-12)21-10-13-5-1-2-7-17-13/h1-8,11H,9-10H2. The second-order valence-electron chi connectivity index (χ2n) is 4.47. The van der Waals surface area contributed by atoms with Gasteiger partial charge in [0.15, 0.2) is 0 Å². The van der Waals surface area contributed by atoms with Crippen LogP contribution in [0.5, 0.6) is 5.75 Å². The Morgan fingerprint density at radius 1 is 1.10 bits per heavy atom. The lowest BCUT2D eigenvalue weighted by Gasteiger charge is -2.07. The van der Waals surface area contributed by atoms with Crippen molar-refractivity contribution in [2.75, 3.05) is 0 Å². The zero-order valence-electron chi connectivity index (χ0n) is 11.2. The third kappa shape index (κ3) is 3.88. The smallest absolute Gasteiger partial charge is 0.217 e. The maximum Gasteiger partial charge on any atom is 0.217 e. The van der Waals surface area contributed by atoms with Gasteiger partial charge in [-0.2, -0.15) is 0 Å². The van der Waals surface area contributed by atoms with E-state index in [1.54, 1.807) is 17.2 Å².